The highest BCUT2D eigenvalue weighted by atomic mass is 19.4. The third-order valence-corrected chi connectivity index (χ3v) is 2.75. The SMILES string of the molecule is COC(=O)N[C@@H](C)C(=O)NCCc1nc(C)cc(C(F)(F)F)n1. The van der Waals surface area contributed by atoms with E-state index in [-0.39, 0.29) is 24.5 Å². The van der Waals surface area contributed by atoms with Crippen LogP contribution in [0.5, 0.6) is 0 Å². The van der Waals surface area contributed by atoms with E-state index in [1.807, 2.05) is 0 Å². The molecule has 0 fully saturated rings. The van der Waals surface area contributed by atoms with Crippen molar-refractivity contribution in [1.29, 1.82) is 0 Å². The van der Waals surface area contributed by atoms with Crippen molar-refractivity contribution >= 4 is 12.0 Å². The number of methoxy groups -OCH3 is 1. The topological polar surface area (TPSA) is 93.2 Å². The van der Waals surface area contributed by atoms with Crippen LogP contribution >= 0.6 is 0 Å². The van der Waals surface area contributed by atoms with Gasteiger partial charge in [0.2, 0.25) is 5.91 Å². The van der Waals surface area contributed by atoms with Gasteiger partial charge in [0.1, 0.15) is 17.6 Å². The maximum absolute atomic E-state index is 12.6. The lowest BCUT2D eigenvalue weighted by Crippen LogP contribution is -2.45. The summed E-state index contributed by atoms with van der Waals surface area (Å²) in [6, 6.07) is 0.0105. The zero-order chi connectivity index (χ0) is 17.6. The van der Waals surface area contributed by atoms with E-state index in [4.69, 9.17) is 0 Å². The highest BCUT2D eigenvalue weighted by molar-refractivity contribution is 5.85. The number of alkyl carbamates (subject to hydrolysis) is 1. The van der Waals surface area contributed by atoms with Gasteiger partial charge in [-0.25, -0.2) is 14.8 Å². The normalized spacial score (nSPS) is 12.4. The Morgan fingerprint density at radius 1 is 1.35 bits per heavy atom. The van der Waals surface area contributed by atoms with Gasteiger partial charge in [-0.3, -0.25) is 4.79 Å². The molecule has 1 heterocycles. The maximum atomic E-state index is 12.6. The first kappa shape index (κ1) is 18.7. The molecule has 0 aliphatic heterocycles. The van der Waals surface area contributed by atoms with Gasteiger partial charge in [-0.1, -0.05) is 0 Å². The number of amides is 2. The number of rotatable bonds is 5. The van der Waals surface area contributed by atoms with Crippen LogP contribution in [-0.2, 0) is 22.1 Å². The molecule has 23 heavy (non-hydrogen) atoms. The average Bonchev–Trinajstić information content (AvgIpc) is 2.45. The van der Waals surface area contributed by atoms with E-state index in [1.165, 1.54) is 13.8 Å². The number of halogens is 3. The lowest BCUT2D eigenvalue weighted by molar-refractivity contribution is -0.141. The van der Waals surface area contributed by atoms with Crippen molar-refractivity contribution in [3.63, 3.8) is 0 Å². The van der Waals surface area contributed by atoms with Crippen LogP contribution < -0.4 is 10.6 Å². The number of hydrogen-bond acceptors (Lipinski definition) is 5. The molecule has 0 saturated heterocycles. The van der Waals surface area contributed by atoms with Gasteiger partial charge in [0, 0.05) is 18.7 Å². The van der Waals surface area contributed by atoms with Crippen LogP contribution in [-0.4, -0.2) is 41.7 Å². The van der Waals surface area contributed by atoms with Crippen molar-refractivity contribution in [3.05, 3.63) is 23.3 Å². The summed E-state index contributed by atoms with van der Waals surface area (Å²) >= 11 is 0. The summed E-state index contributed by atoms with van der Waals surface area (Å²) in [4.78, 5) is 30.0. The van der Waals surface area contributed by atoms with Crippen molar-refractivity contribution in [3.8, 4) is 0 Å². The molecule has 2 amide bonds. The molecule has 1 atom stereocenters. The third-order valence-electron chi connectivity index (χ3n) is 2.75. The molecular weight excluding hydrogens is 317 g/mol. The van der Waals surface area contributed by atoms with Crippen molar-refractivity contribution < 1.29 is 27.5 Å². The Morgan fingerprint density at radius 2 is 2.00 bits per heavy atom. The molecule has 10 heteroatoms. The summed E-state index contributed by atoms with van der Waals surface area (Å²) in [7, 11) is 1.16. The predicted molar refractivity (Wildman–Crippen MR) is 73.5 cm³/mol. The number of nitrogens with one attached hydrogen (secondary N) is 2. The van der Waals surface area contributed by atoms with Crippen LogP contribution in [0.3, 0.4) is 0 Å². The van der Waals surface area contributed by atoms with Crippen LogP contribution in [0.2, 0.25) is 0 Å². The van der Waals surface area contributed by atoms with Gasteiger partial charge in [-0.2, -0.15) is 13.2 Å². The van der Waals surface area contributed by atoms with Gasteiger partial charge in [0.25, 0.3) is 0 Å². The van der Waals surface area contributed by atoms with Crippen molar-refractivity contribution in [2.75, 3.05) is 13.7 Å². The summed E-state index contributed by atoms with van der Waals surface area (Å²) in [6.07, 6.45) is -5.28. The van der Waals surface area contributed by atoms with E-state index in [2.05, 4.69) is 25.3 Å². The third kappa shape index (κ3) is 6.09. The van der Waals surface area contributed by atoms with E-state index in [9.17, 15) is 22.8 Å². The van der Waals surface area contributed by atoms with E-state index in [0.717, 1.165) is 13.2 Å². The minimum Gasteiger partial charge on any atom is -0.453 e. The summed E-state index contributed by atoms with van der Waals surface area (Å²) in [5.74, 6) is -0.523. The second-order valence-corrected chi connectivity index (χ2v) is 4.71. The standard InChI is InChI=1S/C13H17F3N4O3/c1-7-6-9(13(14,15)16)20-10(18-7)4-5-17-11(21)8(2)19-12(22)23-3/h6,8H,4-5H2,1-3H3,(H,17,21)(H,19,22)/t8-/m0/s1. The Kier molecular flexibility index (Phi) is 6.28. The van der Waals surface area contributed by atoms with Gasteiger partial charge in [0.05, 0.1) is 7.11 Å². The molecule has 2 N–H and O–H groups in total. The van der Waals surface area contributed by atoms with Crippen molar-refractivity contribution in [1.82, 2.24) is 20.6 Å². The quantitative estimate of drug-likeness (QED) is 0.844. The van der Waals surface area contributed by atoms with Crippen LogP contribution in [0.1, 0.15) is 24.1 Å². The van der Waals surface area contributed by atoms with Gasteiger partial charge in [-0.05, 0) is 19.9 Å². The van der Waals surface area contributed by atoms with E-state index in [0.29, 0.717) is 0 Å². The number of carbonyl (C=O) groups excluding carboxylic acids is 2. The molecule has 128 valence electrons. The average molecular weight is 334 g/mol. The molecule has 0 bridgehead atoms. The highest BCUT2D eigenvalue weighted by Crippen LogP contribution is 2.27. The van der Waals surface area contributed by atoms with Crippen LogP contribution in [0.15, 0.2) is 6.07 Å². The minimum atomic E-state index is -4.55. The number of carbonyl (C=O) groups is 2. The smallest absolute Gasteiger partial charge is 0.433 e. The zero-order valence-corrected chi connectivity index (χ0v) is 12.8. The van der Waals surface area contributed by atoms with Crippen molar-refractivity contribution in [2.45, 2.75) is 32.5 Å². The summed E-state index contributed by atoms with van der Waals surface area (Å²) < 4.78 is 42.3. The maximum Gasteiger partial charge on any atom is 0.433 e. The van der Waals surface area contributed by atoms with Crippen LogP contribution in [0.25, 0.3) is 0 Å². The number of ether oxygens (including phenoxy) is 1. The Bertz CT molecular complexity index is 578. The molecule has 7 nitrogen and oxygen atoms in total. The van der Waals surface area contributed by atoms with E-state index in [1.54, 1.807) is 0 Å². The van der Waals surface area contributed by atoms with E-state index < -0.39 is 29.9 Å². The second kappa shape index (κ2) is 7.75. The first-order valence-corrected chi connectivity index (χ1v) is 6.67. The largest absolute Gasteiger partial charge is 0.453 e. The fourth-order valence-corrected chi connectivity index (χ4v) is 1.64. The van der Waals surface area contributed by atoms with Gasteiger partial charge >= 0.3 is 12.3 Å². The van der Waals surface area contributed by atoms with Crippen LogP contribution in [0.4, 0.5) is 18.0 Å². The monoisotopic (exact) mass is 334 g/mol. The van der Waals surface area contributed by atoms with Crippen molar-refractivity contribution in [2.24, 2.45) is 0 Å². The minimum absolute atomic E-state index is 0.0220. The second-order valence-electron chi connectivity index (χ2n) is 4.71. The predicted octanol–water partition coefficient (Wildman–Crippen LogP) is 1.21. The molecular formula is C13H17F3N4O3. The fraction of sp³-hybridized carbons (Fsp3) is 0.538. The van der Waals surface area contributed by atoms with Gasteiger partial charge < -0.3 is 15.4 Å². The molecule has 0 unspecified atom stereocenters. The number of hydrogen-bond donors (Lipinski definition) is 2. The number of aryl methyl sites for hydroxylation is 1. The Hall–Kier alpha value is -2.39. The van der Waals surface area contributed by atoms with Gasteiger partial charge in [-0.15, -0.1) is 0 Å². The lowest BCUT2D eigenvalue weighted by Gasteiger charge is -2.13. The van der Waals surface area contributed by atoms with E-state index >= 15 is 0 Å². The molecule has 0 spiro atoms. The Morgan fingerprint density at radius 3 is 2.57 bits per heavy atom. The molecule has 1 aromatic heterocycles. The Labute approximate surface area is 130 Å². The van der Waals surface area contributed by atoms with Gasteiger partial charge in [0.15, 0.2) is 0 Å². The number of nitrogens with zero attached hydrogens (tertiary/aromatic N) is 2. The summed E-state index contributed by atoms with van der Waals surface area (Å²) in [6.45, 7) is 2.91. The molecule has 1 aromatic rings. The molecule has 0 aliphatic rings. The molecule has 0 aromatic carbocycles. The fourth-order valence-electron chi connectivity index (χ4n) is 1.64. The molecule has 0 radical (unpaired) electrons. The molecule has 0 aliphatic carbocycles. The lowest BCUT2D eigenvalue weighted by atomic mass is 10.3. The number of alkyl halides is 3. The summed E-state index contributed by atoms with van der Waals surface area (Å²) in [5.41, 5.74) is -0.832. The number of aromatic nitrogens is 2. The van der Waals surface area contributed by atoms with Crippen LogP contribution in [0, 0.1) is 6.92 Å². The Balaban J connectivity index is 2.57. The summed E-state index contributed by atoms with van der Waals surface area (Å²) in [5, 5.41) is 4.73. The first-order chi connectivity index (χ1) is 10.6. The highest BCUT2D eigenvalue weighted by Gasteiger charge is 2.33. The first-order valence-electron chi connectivity index (χ1n) is 6.67. The zero-order valence-electron chi connectivity index (χ0n) is 12.8. The molecule has 0 saturated carbocycles. The molecule has 1 rings (SSSR count).